The molecule has 0 radical (unpaired) electrons. The lowest BCUT2D eigenvalue weighted by Gasteiger charge is -2.08. The summed E-state index contributed by atoms with van der Waals surface area (Å²) in [6.45, 7) is 1.70. The van der Waals surface area contributed by atoms with Crippen LogP contribution in [-0.2, 0) is 4.79 Å². The Hall–Kier alpha value is -2.89. The van der Waals surface area contributed by atoms with E-state index in [0.717, 1.165) is 0 Å². The number of nitro groups is 1. The van der Waals surface area contributed by atoms with Crippen molar-refractivity contribution in [2.24, 2.45) is 0 Å². The first kappa shape index (κ1) is 14.5. The minimum absolute atomic E-state index is 0.126. The van der Waals surface area contributed by atoms with E-state index in [2.05, 4.69) is 5.32 Å². The number of hydrogen-bond acceptors (Lipinski definition) is 4. The number of ether oxygens (including phenoxy) is 1. The molecule has 0 unspecified atom stereocenters. The number of carbonyl (C=O) groups excluding carboxylic acids is 1. The van der Waals surface area contributed by atoms with Crippen LogP contribution in [0.1, 0.15) is 13.3 Å². The summed E-state index contributed by atoms with van der Waals surface area (Å²) < 4.78 is 5.50. The van der Waals surface area contributed by atoms with Gasteiger partial charge in [-0.15, -0.1) is 0 Å². The molecule has 0 saturated carbocycles. The molecular weight excluding hydrogens is 272 g/mol. The lowest BCUT2D eigenvalue weighted by Crippen LogP contribution is -2.09. The van der Waals surface area contributed by atoms with Gasteiger partial charge in [-0.1, -0.05) is 25.1 Å². The second kappa shape index (κ2) is 6.51. The van der Waals surface area contributed by atoms with Crippen molar-refractivity contribution in [3.8, 4) is 11.5 Å². The largest absolute Gasteiger partial charge is 0.450 e. The predicted octanol–water partition coefficient (Wildman–Crippen LogP) is 3.74. The number of nitrogens with one attached hydrogen (secondary N) is 1. The molecule has 0 aromatic heterocycles. The summed E-state index contributed by atoms with van der Waals surface area (Å²) in [5, 5.41) is 13.7. The van der Waals surface area contributed by atoms with Gasteiger partial charge >= 0.3 is 5.69 Å². The van der Waals surface area contributed by atoms with Crippen LogP contribution in [-0.4, -0.2) is 10.8 Å². The maximum Gasteiger partial charge on any atom is 0.313 e. The minimum atomic E-state index is -0.542. The SMILES string of the molecule is CCC(=O)Nc1ccc(Oc2ccccc2)c([N+](=O)[O-])c1. The number of nitrogens with zero attached hydrogens (tertiary/aromatic N) is 1. The molecule has 0 bridgehead atoms. The topological polar surface area (TPSA) is 81.5 Å². The van der Waals surface area contributed by atoms with Crippen molar-refractivity contribution in [1.82, 2.24) is 0 Å². The maximum atomic E-state index is 11.3. The summed E-state index contributed by atoms with van der Waals surface area (Å²) in [6.07, 6.45) is 0.302. The third-order valence-corrected chi connectivity index (χ3v) is 2.73. The molecule has 0 fully saturated rings. The molecule has 0 spiro atoms. The molecule has 0 aliphatic carbocycles. The highest BCUT2D eigenvalue weighted by molar-refractivity contribution is 5.91. The summed E-state index contributed by atoms with van der Waals surface area (Å²) in [5.74, 6) is 0.424. The molecule has 6 heteroatoms. The van der Waals surface area contributed by atoms with Crippen molar-refractivity contribution in [3.05, 3.63) is 58.6 Å². The van der Waals surface area contributed by atoms with E-state index < -0.39 is 4.92 Å². The van der Waals surface area contributed by atoms with Crippen LogP contribution in [0, 0.1) is 10.1 Å². The molecule has 1 N–H and O–H groups in total. The van der Waals surface area contributed by atoms with E-state index in [1.54, 1.807) is 37.3 Å². The molecule has 21 heavy (non-hydrogen) atoms. The summed E-state index contributed by atoms with van der Waals surface area (Å²) in [5.41, 5.74) is 0.168. The van der Waals surface area contributed by atoms with Crippen LogP contribution in [0.3, 0.4) is 0 Å². The molecular formula is C15H14N2O4. The Bertz CT molecular complexity index is 656. The van der Waals surface area contributed by atoms with E-state index >= 15 is 0 Å². The Morgan fingerprint density at radius 1 is 1.24 bits per heavy atom. The number of rotatable bonds is 5. The number of benzene rings is 2. The quantitative estimate of drug-likeness (QED) is 0.670. The lowest BCUT2D eigenvalue weighted by atomic mass is 10.2. The van der Waals surface area contributed by atoms with Crippen LogP contribution in [0.25, 0.3) is 0 Å². The van der Waals surface area contributed by atoms with Crippen LogP contribution >= 0.6 is 0 Å². The van der Waals surface area contributed by atoms with Gasteiger partial charge in [0.05, 0.1) is 4.92 Å². The van der Waals surface area contributed by atoms with Crippen LogP contribution in [0.5, 0.6) is 11.5 Å². The van der Waals surface area contributed by atoms with Gasteiger partial charge in [-0.25, -0.2) is 0 Å². The van der Waals surface area contributed by atoms with Crippen molar-refractivity contribution in [2.45, 2.75) is 13.3 Å². The number of para-hydroxylation sites is 1. The molecule has 0 heterocycles. The maximum absolute atomic E-state index is 11.3. The molecule has 0 aliphatic rings. The molecule has 2 aromatic carbocycles. The van der Waals surface area contributed by atoms with Gasteiger partial charge in [-0.05, 0) is 24.3 Å². The Labute approximate surface area is 121 Å². The fraction of sp³-hybridized carbons (Fsp3) is 0.133. The number of amides is 1. The number of hydrogen-bond donors (Lipinski definition) is 1. The van der Waals surface area contributed by atoms with Crippen LogP contribution < -0.4 is 10.1 Å². The van der Waals surface area contributed by atoms with Gasteiger partial charge < -0.3 is 10.1 Å². The van der Waals surface area contributed by atoms with Gasteiger partial charge in [0, 0.05) is 18.2 Å². The molecule has 0 atom stereocenters. The lowest BCUT2D eigenvalue weighted by molar-refractivity contribution is -0.385. The van der Waals surface area contributed by atoms with Gasteiger partial charge in [-0.2, -0.15) is 0 Å². The van der Waals surface area contributed by atoms with Crippen molar-refractivity contribution in [2.75, 3.05) is 5.32 Å². The molecule has 0 aliphatic heterocycles. The van der Waals surface area contributed by atoms with Gasteiger partial charge in [0.25, 0.3) is 0 Å². The highest BCUT2D eigenvalue weighted by atomic mass is 16.6. The molecule has 2 aromatic rings. The standard InChI is InChI=1S/C15H14N2O4/c1-2-15(18)16-11-8-9-14(13(10-11)17(19)20)21-12-6-4-3-5-7-12/h3-10H,2H2,1H3,(H,16,18). The van der Waals surface area contributed by atoms with Crippen molar-refractivity contribution >= 4 is 17.3 Å². The van der Waals surface area contributed by atoms with E-state index in [9.17, 15) is 14.9 Å². The minimum Gasteiger partial charge on any atom is -0.450 e. The highest BCUT2D eigenvalue weighted by Crippen LogP contribution is 2.33. The summed E-state index contributed by atoms with van der Waals surface area (Å²) in [6, 6.07) is 13.1. The zero-order chi connectivity index (χ0) is 15.2. The van der Waals surface area contributed by atoms with Gasteiger partial charge in [0.15, 0.2) is 0 Å². The van der Waals surface area contributed by atoms with Crippen molar-refractivity contribution < 1.29 is 14.5 Å². The number of carbonyl (C=O) groups is 1. The smallest absolute Gasteiger partial charge is 0.313 e. The molecule has 0 saturated heterocycles. The Kier molecular flexibility index (Phi) is 4.50. The zero-order valence-corrected chi connectivity index (χ0v) is 11.4. The third-order valence-electron chi connectivity index (χ3n) is 2.73. The third kappa shape index (κ3) is 3.79. The van der Waals surface area contributed by atoms with E-state index in [-0.39, 0.29) is 17.3 Å². The van der Waals surface area contributed by atoms with Crippen LogP contribution in [0.15, 0.2) is 48.5 Å². The van der Waals surface area contributed by atoms with E-state index in [1.165, 1.54) is 12.1 Å². The normalized spacial score (nSPS) is 9.95. The fourth-order valence-electron chi connectivity index (χ4n) is 1.69. The average Bonchev–Trinajstić information content (AvgIpc) is 2.49. The monoisotopic (exact) mass is 286 g/mol. The first-order valence-electron chi connectivity index (χ1n) is 6.41. The Morgan fingerprint density at radius 2 is 1.95 bits per heavy atom. The van der Waals surface area contributed by atoms with Crippen LogP contribution in [0.2, 0.25) is 0 Å². The van der Waals surface area contributed by atoms with E-state index in [1.807, 2.05) is 6.07 Å². The summed E-state index contributed by atoms with van der Waals surface area (Å²) >= 11 is 0. The van der Waals surface area contributed by atoms with Gasteiger partial charge in [0.1, 0.15) is 5.75 Å². The van der Waals surface area contributed by atoms with E-state index in [4.69, 9.17) is 4.74 Å². The van der Waals surface area contributed by atoms with Crippen LogP contribution in [0.4, 0.5) is 11.4 Å². The van der Waals surface area contributed by atoms with Gasteiger partial charge in [-0.3, -0.25) is 14.9 Å². The summed E-state index contributed by atoms with van der Waals surface area (Å²) in [4.78, 5) is 21.9. The second-order valence-electron chi connectivity index (χ2n) is 4.26. The highest BCUT2D eigenvalue weighted by Gasteiger charge is 2.17. The number of anilines is 1. The first-order valence-corrected chi connectivity index (χ1v) is 6.41. The summed E-state index contributed by atoms with van der Waals surface area (Å²) in [7, 11) is 0. The average molecular weight is 286 g/mol. The van der Waals surface area contributed by atoms with Gasteiger partial charge in [0.2, 0.25) is 11.7 Å². The molecule has 1 amide bonds. The molecule has 2 rings (SSSR count). The molecule has 6 nitrogen and oxygen atoms in total. The number of nitro benzene ring substituents is 1. The Morgan fingerprint density at radius 3 is 2.57 bits per heavy atom. The first-order chi connectivity index (χ1) is 10.1. The Balaban J connectivity index is 2.29. The zero-order valence-electron chi connectivity index (χ0n) is 11.4. The van der Waals surface area contributed by atoms with Crippen molar-refractivity contribution in [1.29, 1.82) is 0 Å². The predicted molar refractivity (Wildman–Crippen MR) is 78.5 cm³/mol. The second-order valence-corrected chi connectivity index (χ2v) is 4.26. The molecule has 108 valence electrons. The van der Waals surface area contributed by atoms with Crippen molar-refractivity contribution in [3.63, 3.8) is 0 Å². The fourth-order valence-corrected chi connectivity index (χ4v) is 1.69. The van der Waals surface area contributed by atoms with E-state index in [0.29, 0.717) is 17.9 Å².